The Balaban J connectivity index is 1.53. The summed E-state index contributed by atoms with van der Waals surface area (Å²) in [7, 11) is 2.17. The Morgan fingerprint density at radius 3 is 2.55 bits per heavy atom. The number of benzene rings is 1. The van der Waals surface area contributed by atoms with E-state index in [-0.39, 0.29) is 0 Å². The fourth-order valence-corrected chi connectivity index (χ4v) is 4.55. The molecule has 0 radical (unpaired) electrons. The van der Waals surface area contributed by atoms with Gasteiger partial charge in [0.2, 0.25) is 0 Å². The van der Waals surface area contributed by atoms with Gasteiger partial charge in [-0.15, -0.1) is 10.2 Å². The second kappa shape index (κ2) is 9.04. The van der Waals surface area contributed by atoms with Gasteiger partial charge in [-0.1, -0.05) is 48.0 Å². The van der Waals surface area contributed by atoms with Crippen molar-refractivity contribution < 1.29 is 4.74 Å². The quantitative estimate of drug-likeness (QED) is 0.609. The molecule has 0 unspecified atom stereocenters. The van der Waals surface area contributed by atoms with Gasteiger partial charge in [0.1, 0.15) is 5.69 Å². The number of hydrogen-bond donors (Lipinski definition) is 0. The first-order valence-electron chi connectivity index (χ1n) is 10.9. The molecule has 31 heavy (non-hydrogen) atoms. The third-order valence-electron chi connectivity index (χ3n) is 6.14. The van der Waals surface area contributed by atoms with Gasteiger partial charge in [0.05, 0.1) is 35.9 Å². The fraction of sp³-hybridized carbons (Fsp3) is 0.435. The molecule has 0 aliphatic carbocycles. The predicted molar refractivity (Wildman–Crippen MR) is 123 cm³/mol. The minimum Gasteiger partial charge on any atom is -0.377 e. The van der Waals surface area contributed by atoms with Crippen LogP contribution >= 0.6 is 11.6 Å². The van der Waals surface area contributed by atoms with Gasteiger partial charge in [-0.05, 0) is 19.0 Å². The zero-order chi connectivity index (χ0) is 21.2. The van der Waals surface area contributed by atoms with Gasteiger partial charge >= 0.3 is 0 Å². The van der Waals surface area contributed by atoms with E-state index in [9.17, 15) is 0 Å². The predicted octanol–water partition coefficient (Wildman–Crippen LogP) is 3.20. The molecule has 2 aliphatic rings. The number of fused-ring (bicyclic) bond motifs is 1. The van der Waals surface area contributed by atoms with Gasteiger partial charge in [-0.25, -0.2) is 4.68 Å². The maximum Gasteiger partial charge on any atom is 0.182 e. The molecule has 162 valence electrons. The van der Waals surface area contributed by atoms with E-state index in [0.29, 0.717) is 23.9 Å². The SMILES string of the molecule is CN1CCN(CCn2nc(C3=CCOCC3)c3c(Cl)c(-c4ccccc4)nnc32)CC1. The van der Waals surface area contributed by atoms with E-state index in [0.717, 1.165) is 68.0 Å². The number of aromatic nitrogens is 4. The van der Waals surface area contributed by atoms with Crippen LogP contribution in [0.25, 0.3) is 27.9 Å². The van der Waals surface area contributed by atoms with Crippen molar-refractivity contribution in [3.05, 3.63) is 47.1 Å². The van der Waals surface area contributed by atoms with Crippen molar-refractivity contribution in [3.63, 3.8) is 0 Å². The number of rotatable bonds is 5. The van der Waals surface area contributed by atoms with Gasteiger partial charge in [-0.3, -0.25) is 4.90 Å². The number of hydrogen-bond acceptors (Lipinski definition) is 6. The Morgan fingerprint density at radius 1 is 1.00 bits per heavy atom. The molecule has 3 aromatic rings. The Labute approximate surface area is 187 Å². The zero-order valence-corrected chi connectivity index (χ0v) is 18.6. The summed E-state index contributed by atoms with van der Waals surface area (Å²) < 4.78 is 7.50. The number of nitrogens with zero attached hydrogens (tertiary/aromatic N) is 6. The number of ether oxygens (including phenoxy) is 1. The number of likely N-dealkylation sites (N-methyl/N-ethyl adjacent to an activating group) is 1. The molecule has 4 heterocycles. The molecule has 8 heteroatoms. The van der Waals surface area contributed by atoms with Crippen molar-refractivity contribution >= 4 is 28.2 Å². The topological polar surface area (TPSA) is 59.3 Å². The Hall–Kier alpha value is -2.32. The molecule has 2 aromatic heterocycles. The van der Waals surface area contributed by atoms with Crippen LogP contribution in [-0.2, 0) is 11.3 Å². The highest BCUT2D eigenvalue weighted by molar-refractivity contribution is 6.38. The van der Waals surface area contributed by atoms with E-state index in [4.69, 9.17) is 21.4 Å². The normalized spacial score (nSPS) is 18.5. The summed E-state index contributed by atoms with van der Waals surface area (Å²) in [6, 6.07) is 9.97. The third kappa shape index (κ3) is 4.23. The largest absolute Gasteiger partial charge is 0.377 e. The summed E-state index contributed by atoms with van der Waals surface area (Å²) in [5.74, 6) is 0. The molecular formula is C23H27ClN6O. The lowest BCUT2D eigenvalue weighted by molar-refractivity contribution is 0.149. The molecule has 0 atom stereocenters. The van der Waals surface area contributed by atoms with Crippen molar-refractivity contribution in [1.29, 1.82) is 0 Å². The monoisotopic (exact) mass is 438 g/mol. The summed E-state index contributed by atoms with van der Waals surface area (Å²) in [4.78, 5) is 4.85. The molecule has 0 amide bonds. The van der Waals surface area contributed by atoms with Crippen molar-refractivity contribution in [2.75, 3.05) is 53.0 Å². The Morgan fingerprint density at radius 2 is 1.81 bits per heavy atom. The van der Waals surface area contributed by atoms with Crippen LogP contribution in [0.2, 0.25) is 5.02 Å². The molecule has 0 bridgehead atoms. The van der Waals surface area contributed by atoms with Crippen LogP contribution in [0.1, 0.15) is 12.1 Å². The van der Waals surface area contributed by atoms with Crippen LogP contribution in [0.5, 0.6) is 0 Å². The van der Waals surface area contributed by atoms with Crippen molar-refractivity contribution in [3.8, 4) is 11.3 Å². The van der Waals surface area contributed by atoms with E-state index in [1.54, 1.807) is 0 Å². The highest BCUT2D eigenvalue weighted by Gasteiger charge is 2.23. The van der Waals surface area contributed by atoms with Crippen LogP contribution < -0.4 is 0 Å². The van der Waals surface area contributed by atoms with Gasteiger partial charge in [0.25, 0.3) is 0 Å². The lowest BCUT2D eigenvalue weighted by atomic mass is 10.0. The van der Waals surface area contributed by atoms with Crippen molar-refractivity contribution in [2.24, 2.45) is 0 Å². The molecule has 0 saturated carbocycles. The van der Waals surface area contributed by atoms with Gasteiger partial charge in [0, 0.05) is 38.3 Å². The van der Waals surface area contributed by atoms with Gasteiger partial charge in [0.15, 0.2) is 5.65 Å². The highest BCUT2D eigenvalue weighted by atomic mass is 35.5. The maximum absolute atomic E-state index is 6.95. The average Bonchev–Trinajstić information content (AvgIpc) is 3.20. The molecule has 1 aromatic carbocycles. The van der Waals surface area contributed by atoms with Crippen LogP contribution in [0.4, 0.5) is 0 Å². The average molecular weight is 439 g/mol. The van der Waals surface area contributed by atoms with E-state index >= 15 is 0 Å². The number of halogens is 1. The van der Waals surface area contributed by atoms with Crippen molar-refractivity contribution in [1.82, 2.24) is 29.8 Å². The van der Waals surface area contributed by atoms with E-state index < -0.39 is 0 Å². The van der Waals surface area contributed by atoms with Gasteiger partial charge in [-0.2, -0.15) is 5.10 Å². The summed E-state index contributed by atoms with van der Waals surface area (Å²) in [6.07, 6.45) is 2.93. The molecule has 0 spiro atoms. The number of piperazine rings is 1. The van der Waals surface area contributed by atoms with Crippen LogP contribution in [0.3, 0.4) is 0 Å². The molecule has 2 aliphatic heterocycles. The lowest BCUT2D eigenvalue weighted by Gasteiger charge is -2.32. The summed E-state index contributed by atoms with van der Waals surface area (Å²) in [5, 5.41) is 15.6. The Bertz CT molecular complexity index is 1090. The minimum absolute atomic E-state index is 0.604. The molecule has 1 saturated heterocycles. The van der Waals surface area contributed by atoms with Crippen LogP contribution in [-0.4, -0.2) is 82.8 Å². The van der Waals surface area contributed by atoms with Crippen LogP contribution in [0, 0.1) is 0 Å². The maximum atomic E-state index is 6.95. The fourth-order valence-electron chi connectivity index (χ4n) is 4.23. The minimum atomic E-state index is 0.604. The first-order valence-corrected chi connectivity index (χ1v) is 11.2. The van der Waals surface area contributed by atoms with E-state index in [2.05, 4.69) is 33.1 Å². The summed E-state index contributed by atoms with van der Waals surface area (Å²) in [5.41, 5.74) is 4.49. The van der Waals surface area contributed by atoms with Crippen LogP contribution in [0.15, 0.2) is 36.4 Å². The highest BCUT2D eigenvalue weighted by Crippen LogP contribution is 2.36. The Kier molecular flexibility index (Phi) is 6.00. The first-order chi connectivity index (χ1) is 15.2. The summed E-state index contributed by atoms with van der Waals surface area (Å²) >= 11 is 6.95. The zero-order valence-electron chi connectivity index (χ0n) is 17.8. The molecule has 7 nitrogen and oxygen atoms in total. The second-order valence-electron chi connectivity index (χ2n) is 8.20. The second-order valence-corrected chi connectivity index (χ2v) is 8.58. The summed E-state index contributed by atoms with van der Waals surface area (Å²) in [6.45, 7) is 7.36. The van der Waals surface area contributed by atoms with E-state index in [1.165, 1.54) is 5.57 Å². The van der Waals surface area contributed by atoms with Crippen molar-refractivity contribution in [2.45, 2.75) is 13.0 Å². The smallest absolute Gasteiger partial charge is 0.182 e. The lowest BCUT2D eigenvalue weighted by Crippen LogP contribution is -2.45. The van der Waals surface area contributed by atoms with E-state index in [1.807, 2.05) is 35.0 Å². The van der Waals surface area contributed by atoms with Gasteiger partial charge < -0.3 is 9.64 Å². The third-order valence-corrected chi connectivity index (χ3v) is 6.50. The molecular weight excluding hydrogens is 412 g/mol. The standard InChI is InChI=1S/C23H27ClN6O/c1-28-9-11-29(12-10-28)13-14-30-23-19(21(27-30)18-7-15-31-16-8-18)20(24)22(25-26-23)17-5-3-2-4-6-17/h2-7H,8-16H2,1H3. The molecule has 1 fully saturated rings. The molecule has 0 N–H and O–H groups in total. The first kappa shape index (κ1) is 20.6. The molecule has 5 rings (SSSR count).